The van der Waals surface area contributed by atoms with Crippen LogP contribution in [0, 0.1) is 50.2 Å². The average molecular weight is 1090 g/mol. The van der Waals surface area contributed by atoms with E-state index < -0.39 is 165 Å². The van der Waals surface area contributed by atoms with Gasteiger partial charge in [0.15, 0.2) is 25.0 Å². The van der Waals surface area contributed by atoms with Gasteiger partial charge in [-0.1, -0.05) is 60.1 Å². The van der Waals surface area contributed by atoms with E-state index in [1.807, 2.05) is 0 Å². The zero-order chi connectivity index (χ0) is 55.6. The number of carboxylic acid groups (broad SMARTS) is 1. The van der Waals surface area contributed by atoms with Crippen molar-refractivity contribution in [1.29, 1.82) is 0 Å². The molecule has 27 atom stereocenters. The number of carboxylic acids is 1. The topological polar surface area (TPSA) is 371 Å². The molecule has 8 fully saturated rings. The summed E-state index contributed by atoms with van der Waals surface area (Å²) in [6, 6.07) is 0. The van der Waals surface area contributed by atoms with Crippen molar-refractivity contribution in [2.45, 2.75) is 235 Å². The van der Waals surface area contributed by atoms with Gasteiger partial charge in [0.1, 0.15) is 85.5 Å². The molecule has 76 heavy (non-hydrogen) atoms. The van der Waals surface area contributed by atoms with Crippen LogP contribution >= 0.6 is 0 Å². The molecule has 4 saturated carbocycles. The number of ether oxygens (including phenoxy) is 8. The summed E-state index contributed by atoms with van der Waals surface area (Å²) in [6.45, 7) is 13.7. The van der Waals surface area contributed by atoms with Crippen LogP contribution in [0.2, 0.25) is 0 Å². The molecule has 9 aliphatic rings. The molecule has 434 valence electrons. The van der Waals surface area contributed by atoms with Crippen molar-refractivity contribution < 1.29 is 114 Å². The molecule has 0 aromatic rings. The van der Waals surface area contributed by atoms with Crippen molar-refractivity contribution in [2.24, 2.45) is 50.2 Å². The zero-order valence-electron chi connectivity index (χ0n) is 44.4. The number of hydrogen-bond donors (Lipinski definition) is 13. The van der Waals surface area contributed by atoms with Crippen LogP contribution in [0.3, 0.4) is 0 Å². The molecule has 0 amide bonds. The average Bonchev–Trinajstić information content (AvgIpc) is 3.54. The maximum absolute atomic E-state index is 14.8. The summed E-state index contributed by atoms with van der Waals surface area (Å²) >= 11 is 0. The Hall–Kier alpha value is -2.08. The number of aliphatic hydroxyl groups excluding tert-OH is 12. The Bertz CT molecular complexity index is 2140. The lowest BCUT2D eigenvalue weighted by atomic mass is 9.33. The molecule has 9 rings (SSSR count). The number of carbonyl (C=O) groups excluding carboxylic acids is 1. The maximum atomic E-state index is 14.8. The molecule has 5 aliphatic carbocycles. The van der Waals surface area contributed by atoms with Crippen molar-refractivity contribution in [2.75, 3.05) is 19.8 Å². The summed E-state index contributed by atoms with van der Waals surface area (Å²) in [5.41, 5.74) is -1.45. The molecule has 23 nitrogen and oxygen atoms in total. The van der Waals surface area contributed by atoms with E-state index in [1.165, 1.54) is 5.57 Å². The third-order valence-corrected chi connectivity index (χ3v) is 21.0. The number of allylic oxidation sites excluding steroid dienone is 2. The summed E-state index contributed by atoms with van der Waals surface area (Å²) in [6.07, 6.45) is -25.0. The molecule has 0 aromatic heterocycles. The van der Waals surface area contributed by atoms with E-state index in [-0.39, 0.29) is 39.4 Å². The first-order chi connectivity index (χ1) is 35.5. The van der Waals surface area contributed by atoms with Crippen LogP contribution < -0.4 is 0 Å². The normalized spacial score (nSPS) is 52.9. The van der Waals surface area contributed by atoms with Crippen molar-refractivity contribution in [3.05, 3.63) is 11.6 Å². The lowest BCUT2D eigenvalue weighted by Gasteiger charge is -2.71. The number of rotatable bonds is 11. The van der Waals surface area contributed by atoms with E-state index in [9.17, 15) is 76.0 Å². The summed E-state index contributed by atoms with van der Waals surface area (Å²) < 4.78 is 48.1. The Labute approximate surface area is 442 Å². The fourth-order valence-electron chi connectivity index (χ4n) is 16.2. The Morgan fingerprint density at radius 1 is 0.605 bits per heavy atom. The highest BCUT2D eigenvalue weighted by Gasteiger charge is 2.70. The molecule has 4 saturated heterocycles. The van der Waals surface area contributed by atoms with Gasteiger partial charge in [-0.25, -0.2) is 4.79 Å². The summed E-state index contributed by atoms with van der Waals surface area (Å²) in [4.78, 5) is 27.6. The number of esters is 1. The molecule has 0 bridgehead atoms. The third-order valence-electron chi connectivity index (χ3n) is 21.0. The van der Waals surface area contributed by atoms with Gasteiger partial charge in [-0.05, 0) is 109 Å². The number of fused-ring (bicyclic) bond motifs is 7. The minimum absolute atomic E-state index is 0.000185. The van der Waals surface area contributed by atoms with Crippen LogP contribution in [0.4, 0.5) is 0 Å². The number of hydrogen-bond acceptors (Lipinski definition) is 22. The van der Waals surface area contributed by atoms with Gasteiger partial charge >= 0.3 is 11.9 Å². The van der Waals surface area contributed by atoms with Gasteiger partial charge in [0.2, 0.25) is 6.29 Å². The van der Waals surface area contributed by atoms with Crippen molar-refractivity contribution >= 4 is 11.9 Å². The van der Waals surface area contributed by atoms with Crippen LogP contribution in [0.1, 0.15) is 113 Å². The Kier molecular flexibility index (Phi) is 16.2. The Balaban J connectivity index is 0.999. The Morgan fingerprint density at radius 2 is 1.20 bits per heavy atom. The lowest BCUT2D eigenvalue weighted by molar-refractivity contribution is -0.392. The monoisotopic (exact) mass is 1090 g/mol. The highest BCUT2D eigenvalue weighted by atomic mass is 16.8. The molecule has 23 heteroatoms. The number of aliphatic hydroxyl groups is 12. The lowest BCUT2D eigenvalue weighted by Crippen LogP contribution is -2.68. The molecule has 4 heterocycles. The summed E-state index contributed by atoms with van der Waals surface area (Å²) in [5.74, 6) is -2.22. The minimum atomic E-state index is -2.09. The molecule has 0 radical (unpaired) electrons. The number of carbonyl (C=O) groups is 2. The van der Waals surface area contributed by atoms with E-state index in [1.54, 1.807) is 0 Å². The van der Waals surface area contributed by atoms with Crippen LogP contribution in [-0.2, 0) is 47.5 Å². The SMILES string of the molecule is CC1(C)CC[C@]2(C(=O)O[C@@H]3O[C@H](CO)[C@H](O)[C@@H](O)[C@@H]3O)CC[C@@]3(C)C(=CC[C@@H]4[C@@]5(C)CC[C@H](O[C@H]6O[C@@H](C(=O)O)[C@H](O)[C@@H](O[C@H]7OC[C@H](O)[C@H](O)[C@@H]7O)[C@@H]6O[C@@H]6O[C@@H](CO)[C@@H](O)[C@H](O)[C@H]6O)C(C)(C)[C@H]5CC[C@@]43C)[C@H]2C1. The molecule has 0 unspecified atom stereocenters. The molecule has 0 spiro atoms. The van der Waals surface area contributed by atoms with E-state index in [0.29, 0.717) is 44.9 Å². The highest BCUT2D eigenvalue weighted by molar-refractivity contribution is 5.79. The second-order valence-electron chi connectivity index (χ2n) is 25.9. The van der Waals surface area contributed by atoms with E-state index in [0.717, 1.165) is 19.3 Å². The molecule has 13 N–H and O–H groups in total. The zero-order valence-corrected chi connectivity index (χ0v) is 44.4. The van der Waals surface area contributed by atoms with E-state index >= 15 is 0 Å². The minimum Gasteiger partial charge on any atom is -0.479 e. The van der Waals surface area contributed by atoms with Crippen LogP contribution in [0.5, 0.6) is 0 Å². The van der Waals surface area contributed by atoms with Crippen LogP contribution in [0.15, 0.2) is 11.6 Å². The highest BCUT2D eigenvalue weighted by Crippen LogP contribution is 2.76. The Morgan fingerprint density at radius 3 is 1.83 bits per heavy atom. The predicted molar refractivity (Wildman–Crippen MR) is 257 cm³/mol. The fraction of sp³-hybridized carbons (Fsp3) is 0.925. The molecule has 4 aliphatic heterocycles. The second kappa shape index (κ2) is 21.0. The van der Waals surface area contributed by atoms with Crippen molar-refractivity contribution in [3.8, 4) is 0 Å². The van der Waals surface area contributed by atoms with Gasteiger partial charge < -0.3 is 104 Å². The smallest absolute Gasteiger partial charge is 0.335 e. The van der Waals surface area contributed by atoms with Crippen LogP contribution in [-0.4, -0.2) is 221 Å². The molecular weight excluding hydrogens is 1000 g/mol. The van der Waals surface area contributed by atoms with Gasteiger partial charge in [0.25, 0.3) is 0 Å². The third kappa shape index (κ3) is 9.42. The van der Waals surface area contributed by atoms with Crippen LogP contribution in [0.25, 0.3) is 0 Å². The van der Waals surface area contributed by atoms with Gasteiger partial charge in [0.05, 0.1) is 31.3 Å². The fourth-order valence-corrected chi connectivity index (χ4v) is 16.2. The van der Waals surface area contributed by atoms with Crippen molar-refractivity contribution in [1.82, 2.24) is 0 Å². The summed E-state index contributed by atoms with van der Waals surface area (Å²) in [7, 11) is 0. The van der Waals surface area contributed by atoms with E-state index in [4.69, 9.17) is 37.9 Å². The van der Waals surface area contributed by atoms with Gasteiger partial charge in [-0.3, -0.25) is 4.79 Å². The molecule has 0 aromatic carbocycles. The maximum Gasteiger partial charge on any atom is 0.335 e. The second-order valence-corrected chi connectivity index (χ2v) is 25.9. The van der Waals surface area contributed by atoms with Gasteiger partial charge in [-0.15, -0.1) is 0 Å². The first kappa shape index (κ1) is 58.6. The summed E-state index contributed by atoms with van der Waals surface area (Å²) in [5, 5.41) is 138. The predicted octanol–water partition coefficient (Wildman–Crippen LogP) is -1.30. The van der Waals surface area contributed by atoms with Gasteiger partial charge in [0, 0.05) is 0 Å². The quantitative estimate of drug-likeness (QED) is 0.0649. The van der Waals surface area contributed by atoms with Gasteiger partial charge in [-0.2, -0.15) is 0 Å². The van der Waals surface area contributed by atoms with Crippen molar-refractivity contribution in [3.63, 3.8) is 0 Å². The largest absolute Gasteiger partial charge is 0.479 e. The number of aliphatic carboxylic acids is 1. The standard InChI is InChI=1S/C53H84O23/c1-48(2)14-16-53(47(68)76-45-37(64)34(61)32(59)26(20-55)71-45)17-15-51(6)22(23(53)18-48)8-9-28-50(5)12-11-29(49(3,4)27(50)10-13-52(28,51)7)72-46-41(75-44-36(63)33(60)31(58)25(19-54)70-44)39(38(65)40(74-46)42(66)67)73-43-35(62)30(57)24(56)21-69-43/h8,23-41,43-46,54-65H,9-21H2,1-7H3,(H,66,67)/t23-,24+,25+,26-,27-,28-,29+,30+,31-,32+,33+,34-,35+,36-,37+,38-,39-,40-,41+,43-,44+,45+,46+,50+,51+,52+,53+/m1/s1. The first-order valence-electron chi connectivity index (χ1n) is 27.2. The van der Waals surface area contributed by atoms with E-state index in [2.05, 4.69) is 54.5 Å². The first-order valence-corrected chi connectivity index (χ1v) is 27.2. The molecular formula is C53H84O23.